The van der Waals surface area contributed by atoms with Crippen LogP contribution in [0.3, 0.4) is 0 Å². The summed E-state index contributed by atoms with van der Waals surface area (Å²) in [7, 11) is 0. The van der Waals surface area contributed by atoms with E-state index in [-0.39, 0.29) is 5.82 Å². The second kappa shape index (κ2) is 7.33. The lowest BCUT2D eigenvalue weighted by Crippen LogP contribution is -2.38. The molecule has 0 bridgehead atoms. The molecule has 0 amide bonds. The van der Waals surface area contributed by atoms with Crippen LogP contribution in [0.25, 0.3) is 0 Å². The molecule has 1 aliphatic heterocycles. The summed E-state index contributed by atoms with van der Waals surface area (Å²) in [5, 5.41) is 3.58. The van der Waals surface area contributed by atoms with Crippen molar-refractivity contribution in [2.75, 3.05) is 18.0 Å². The van der Waals surface area contributed by atoms with Gasteiger partial charge in [-0.2, -0.15) is 0 Å². The summed E-state index contributed by atoms with van der Waals surface area (Å²) in [4.78, 5) is 2.36. The lowest BCUT2D eigenvalue weighted by Gasteiger charge is -2.33. The number of nitrogens with zero attached hydrogens (tertiary/aromatic N) is 1. The van der Waals surface area contributed by atoms with Crippen molar-refractivity contribution in [3.8, 4) is 0 Å². The van der Waals surface area contributed by atoms with Crippen LogP contribution in [0.2, 0.25) is 0 Å². The largest absolute Gasteiger partial charge is 0.366 e. The van der Waals surface area contributed by atoms with Gasteiger partial charge in [-0.1, -0.05) is 42.9 Å². The normalized spacial score (nSPS) is 31.0. The zero-order chi connectivity index (χ0) is 17.2. The SMILES string of the molecule is CC1C=CC=C2CC(N(CCC3CCCN3)c3ccccc3F)CC21. The Morgan fingerprint density at radius 3 is 2.92 bits per heavy atom. The Hall–Kier alpha value is -1.61. The number of hydrogen-bond donors (Lipinski definition) is 1. The van der Waals surface area contributed by atoms with Crippen molar-refractivity contribution >= 4 is 5.69 Å². The molecule has 1 N–H and O–H groups in total. The van der Waals surface area contributed by atoms with Gasteiger partial charge in [0.1, 0.15) is 5.82 Å². The van der Waals surface area contributed by atoms with Gasteiger partial charge in [-0.05, 0) is 62.6 Å². The molecule has 2 fully saturated rings. The number of hydrogen-bond acceptors (Lipinski definition) is 2. The zero-order valence-electron chi connectivity index (χ0n) is 15.1. The molecule has 4 rings (SSSR count). The van der Waals surface area contributed by atoms with E-state index in [9.17, 15) is 4.39 Å². The van der Waals surface area contributed by atoms with Gasteiger partial charge in [0, 0.05) is 18.6 Å². The first kappa shape index (κ1) is 16.8. The molecule has 0 spiro atoms. The summed E-state index contributed by atoms with van der Waals surface area (Å²) in [6.45, 7) is 4.38. The van der Waals surface area contributed by atoms with Gasteiger partial charge in [0.05, 0.1) is 5.69 Å². The van der Waals surface area contributed by atoms with Gasteiger partial charge in [0.2, 0.25) is 0 Å². The van der Waals surface area contributed by atoms with E-state index in [4.69, 9.17) is 0 Å². The van der Waals surface area contributed by atoms with E-state index < -0.39 is 0 Å². The Morgan fingerprint density at radius 2 is 2.16 bits per heavy atom. The van der Waals surface area contributed by atoms with Gasteiger partial charge in [-0.25, -0.2) is 4.39 Å². The van der Waals surface area contributed by atoms with E-state index in [0.29, 0.717) is 23.9 Å². The Bertz CT molecular complexity index is 660. The summed E-state index contributed by atoms with van der Waals surface area (Å²) in [6, 6.07) is 8.31. The summed E-state index contributed by atoms with van der Waals surface area (Å²) >= 11 is 0. The van der Waals surface area contributed by atoms with E-state index in [1.807, 2.05) is 12.1 Å². The zero-order valence-corrected chi connectivity index (χ0v) is 15.1. The minimum absolute atomic E-state index is 0.0862. The van der Waals surface area contributed by atoms with Gasteiger partial charge in [-0.3, -0.25) is 0 Å². The molecule has 3 heteroatoms. The number of para-hydroxylation sites is 1. The van der Waals surface area contributed by atoms with Crippen LogP contribution < -0.4 is 10.2 Å². The molecule has 25 heavy (non-hydrogen) atoms. The average Bonchev–Trinajstić information content (AvgIpc) is 3.27. The van der Waals surface area contributed by atoms with E-state index in [1.54, 1.807) is 17.7 Å². The second-order valence-corrected chi connectivity index (χ2v) is 7.91. The first-order chi connectivity index (χ1) is 12.2. The Balaban J connectivity index is 1.54. The highest BCUT2D eigenvalue weighted by molar-refractivity contribution is 5.50. The molecule has 2 aliphatic carbocycles. The summed E-state index contributed by atoms with van der Waals surface area (Å²) in [5.41, 5.74) is 2.34. The summed E-state index contributed by atoms with van der Waals surface area (Å²) in [6.07, 6.45) is 12.7. The third-order valence-electron chi connectivity index (χ3n) is 6.32. The van der Waals surface area contributed by atoms with Crippen LogP contribution in [-0.2, 0) is 0 Å². The molecule has 1 saturated carbocycles. The minimum Gasteiger partial charge on any atom is -0.366 e. The standard InChI is InChI=1S/C22H29FN2/c1-16-6-4-7-17-14-19(15-20(16)17)25(13-11-18-8-5-12-24-18)22-10-3-2-9-21(22)23/h2-4,6-7,9-10,16,18-20,24H,5,8,11-15H2,1H3. The van der Waals surface area contributed by atoms with Gasteiger partial charge in [0.25, 0.3) is 0 Å². The highest BCUT2D eigenvalue weighted by atomic mass is 19.1. The first-order valence-corrected chi connectivity index (χ1v) is 9.84. The van der Waals surface area contributed by atoms with E-state index in [2.05, 4.69) is 35.4 Å². The van der Waals surface area contributed by atoms with Crippen molar-refractivity contribution < 1.29 is 4.39 Å². The van der Waals surface area contributed by atoms with E-state index in [1.165, 1.54) is 12.8 Å². The van der Waals surface area contributed by atoms with Gasteiger partial charge in [0.15, 0.2) is 0 Å². The molecule has 3 aliphatic rings. The molecule has 1 saturated heterocycles. The van der Waals surface area contributed by atoms with Crippen LogP contribution in [0.15, 0.2) is 48.1 Å². The van der Waals surface area contributed by atoms with Crippen LogP contribution in [0.5, 0.6) is 0 Å². The van der Waals surface area contributed by atoms with E-state index in [0.717, 1.165) is 38.0 Å². The average molecular weight is 340 g/mol. The van der Waals surface area contributed by atoms with Gasteiger partial charge < -0.3 is 10.2 Å². The second-order valence-electron chi connectivity index (χ2n) is 7.91. The molecule has 0 aromatic heterocycles. The van der Waals surface area contributed by atoms with Crippen molar-refractivity contribution in [1.29, 1.82) is 0 Å². The van der Waals surface area contributed by atoms with Crippen LogP contribution in [0.1, 0.15) is 39.0 Å². The van der Waals surface area contributed by atoms with Gasteiger partial charge in [-0.15, -0.1) is 0 Å². The maximum Gasteiger partial charge on any atom is 0.146 e. The Morgan fingerprint density at radius 1 is 1.28 bits per heavy atom. The smallest absolute Gasteiger partial charge is 0.146 e. The molecular formula is C22H29FN2. The number of benzene rings is 1. The first-order valence-electron chi connectivity index (χ1n) is 9.84. The van der Waals surface area contributed by atoms with Crippen molar-refractivity contribution in [2.45, 2.75) is 51.1 Å². The van der Waals surface area contributed by atoms with Crippen LogP contribution in [0.4, 0.5) is 10.1 Å². The number of allylic oxidation sites excluding steroid dienone is 3. The van der Waals surface area contributed by atoms with Crippen LogP contribution in [-0.4, -0.2) is 25.2 Å². The third-order valence-corrected chi connectivity index (χ3v) is 6.32. The number of rotatable bonds is 5. The van der Waals surface area contributed by atoms with Crippen molar-refractivity contribution in [1.82, 2.24) is 5.32 Å². The molecule has 2 nitrogen and oxygen atoms in total. The predicted octanol–water partition coefficient (Wildman–Crippen LogP) is 4.69. The lowest BCUT2D eigenvalue weighted by atomic mass is 9.85. The van der Waals surface area contributed by atoms with Crippen LogP contribution in [0, 0.1) is 17.7 Å². The fourth-order valence-corrected chi connectivity index (χ4v) is 4.90. The maximum absolute atomic E-state index is 14.6. The number of fused-ring (bicyclic) bond motifs is 1. The molecule has 1 aromatic rings. The molecule has 4 unspecified atom stereocenters. The highest BCUT2D eigenvalue weighted by Crippen LogP contribution is 2.43. The van der Waals surface area contributed by atoms with Crippen LogP contribution >= 0.6 is 0 Å². The van der Waals surface area contributed by atoms with Gasteiger partial charge >= 0.3 is 0 Å². The fraction of sp³-hybridized carbons (Fsp3) is 0.545. The minimum atomic E-state index is -0.0862. The molecule has 1 heterocycles. The Labute approximate surface area is 150 Å². The predicted molar refractivity (Wildman–Crippen MR) is 102 cm³/mol. The molecule has 134 valence electrons. The van der Waals surface area contributed by atoms with Crippen molar-refractivity contribution in [3.63, 3.8) is 0 Å². The quantitative estimate of drug-likeness (QED) is 0.837. The monoisotopic (exact) mass is 340 g/mol. The molecular weight excluding hydrogens is 311 g/mol. The molecule has 4 atom stereocenters. The number of nitrogens with one attached hydrogen (secondary N) is 1. The topological polar surface area (TPSA) is 15.3 Å². The van der Waals surface area contributed by atoms with Crippen molar-refractivity contribution in [3.05, 3.63) is 53.9 Å². The summed E-state index contributed by atoms with van der Waals surface area (Å²) < 4.78 is 14.6. The summed E-state index contributed by atoms with van der Waals surface area (Å²) in [5.74, 6) is 1.15. The Kier molecular flexibility index (Phi) is 4.93. The van der Waals surface area contributed by atoms with Crippen molar-refractivity contribution in [2.24, 2.45) is 11.8 Å². The van der Waals surface area contributed by atoms with E-state index >= 15 is 0 Å². The molecule has 0 radical (unpaired) electrons. The fourth-order valence-electron chi connectivity index (χ4n) is 4.90. The highest BCUT2D eigenvalue weighted by Gasteiger charge is 2.36. The number of anilines is 1. The molecule has 1 aromatic carbocycles. The maximum atomic E-state index is 14.6. The third kappa shape index (κ3) is 3.52. The lowest BCUT2D eigenvalue weighted by molar-refractivity contribution is 0.452. The number of halogens is 1.